The highest BCUT2D eigenvalue weighted by molar-refractivity contribution is 14.2. The summed E-state index contributed by atoms with van der Waals surface area (Å²) in [5.74, 6) is 0. The molecule has 0 aromatic rings. The van der Waals surface area contributed by atoms with Crippen LogP contribution in [-0.2, 0) is 8.92 Å². The predicted octanol–water partition coefficient (Wildman–Crippen LogP) is 3.99. The molecule has 0 saturated carbocycles. The highest BCUT2D eigenvalue weighted by Gasteiger charge is 2.20. The summed E-state index contributed by atoms with van der Waals surface area (Å²) in [7, 11) is 1.38. The van der Waals surface area contributed by atoms with Gasteiger partial charge < -0.3 is 4.74 Å². The molecular weight excluding hydrogens is 299 g/mol. The van der Waals surface area contributed by atoms with E-state index in [-0.39, 0.29) is 11.2 Å². The Hall–Kier alpha value is 1.00. The van der Waals surface area contributed by atoms with Crippen molar-refractivity contribution in [3.05, 3.63) is 0 Å². The van der Waals surface area contributed by atoms with Crippen LogP contribution in [0.5, 0.6) is 0 Å². The molecule has 0 atom stereocenters. The SMILES string of the molecule is CC(C)(C)OCCC(C)(C)OSI. The van der Waals surface area contributed by atoms with Crippen molar-refractivity contribution in [1.82, 2.24) is 0 Å². The zero-order valence-electron chi connectivity index (χ0n) is 9.02. The first-order chi connectivity index (χ1) is 5.77. The first-order valence-electron chi connectivity index (χ1n) is 4.37. The van der Waals surface area contributed by atoms with Gasteiger partial charge in [-0.2, -0.15) is 0 Å². The van der Waals surface area contributed by atoms with Crippen LogP contribution in [0.25, 0.3) is 0 Å². The number of halogens is 1. The lowest BCUT2D eigenvalue weighted by Crippen LogP contribution is -2.27. The second kappa shape index (κ2) is 5.78. The molecule has 0 spiro atoms. The van der Waals surface area contributed by atoms with E-state index in [1.54, 1.807) is 0 Å². The van der Waals surface area contributed by atoms with Crippen LogP contribution in [0, 0.1) is 0 Å². The molecule has 0 N–H and O–H groups in total. The van der Waals surface area contributed by atoms with E-state index in [4.69, 9.17) is 8.92 Å². The molecule has 0 fully saturated rings. The summed E-state index contributed by atoms with van der Waals surface area (Å²) in [6, 6.07) is 0. The number of rotatable bonds is 5. The Bertz CT molecular complexity index is 143. The van der Waals surface area contributed by atoms with E-state index in [1.165, 1.54) is 9.21 Å². The molecule has 80 valence electrons. The summed E-state index contributed by atoms with van der Waals surface area (Å²) < 4.78 is 11.1. The van der Waals surface area contributed by atoms with Crippen molar-refractivity contribution in [3.63, 3.8) is 0 Å². The van der Waals surface area contributed by atoms with E-state index < -0.39 is 0 Å². The maximum atomic E-state index is 5.62. The first-order valence-corrected chi connectivity index (χ1v) is 7.66. The van der Waals surface area contributed by atoms with E-state index in [0.29, 0.717) is 0 Å². The van der Waals surface area contributed by atoms with Gasteiger partial charge in [-0.15, -0.1) is 0 Å². The molecule has 0 aromatic heterocycles. The molecule has 0 aromatic carbocycles. The average molecular weight is 318 g/mol. The third kappa shape index (κ3) is 9.31. The number of hydrogen-bond acceptors (Lipinski definition) is 3. The van der Waals surface area contributed by atoms with Crippen LogP contribution >= 0.6 is 30.4 Å². The first kappa shape index (κ1) is 14.0. The van der Waals surface area contributed by atoms with E-state index >= 15 is 0 Å². The topological polar surface area (TPSA) is 18.5 Å². The molecule has 0 bridgehead atoms. The third-order valence-electron chi connectivity index (χ3n) is 1.50. The molecular formula is C9H19IO2S. The lowest BCUT2D eigenvalue weighted by molar-refractivity contribution is -0.0254. The Balaban J connectivity index is 3.63. The van der Waals surface area contributed by atoms with Crippen molar-refractivity contribution in [3.8, 4) is 0 Å². The molecule has 0 saturated heterocycles. The Morgan fingerprint density at radius 2 is 1.69 bits per heavy atom. The molecule has 0 unspecified atom stereocenters. The number of hydrogen-bond donors (Lipinski definition) is 0. The standard InChI is InChI=1S/C9H19IO2S/c1-8(2,3)11-7-6-9(4,5)12-13-10/h6-7H2,1-5H3. The summed E-state index contributed by atoms with van der Waals surface area (Å²) in [6.45, 7) is 11.1. The maximum Gasteiger partial charge on any atom is 0.0804 e. The van der Waals surface area contributed by atoms with Crippen molar-refractivity contribution >= 4 is 30.4 Å². The summed E-state index contributed by atoms with van der Waals surface area (Å²) in [5.41, 5.74) is -0.148. The van der Waals surface area contributed by atoms with Gasteiger partial charge in [-0.3, -0.25) is 4.18 Å². The van der Waals surface area contributed by atoms with Gasteiger partial charge in [0.05, 0.1) is 27.0 Å². The van der Waals surface area contributed by atoms with Gasteiger partial charge in [-0.1, -0.05) is 0 Å². The molecule has 0 rings (SSSR count). The fourth-order valence-corrected chi connectivity index (χ4v) is 2.44. The lowest BCUT2D eigenvalue weighted by Gasteiger charge is -2.25. The summed E-state index contributed by atoms with van der Waals surface area (Å²) >= 11 is 2.13. The Kier molecular flexibility index (Phi) is 6.22. The van der Waals surface area contributed by atoms with Gasteiger partial charge in [0.1, 0.15) is 0 Å². The monoisotopic (exact) mass is 318 g/mol. The predicted molar refractivity (Wildman–Crippen MR) is 67.1 cm³/mol. The van der Waals surface area contributed by atoms with E-state index in [1.807, 2.05) is 0 Å². The van der Waals surface area contributed by atoms with Gasteiger partial charge in [0, 0.05) is 27.6 Å². The zero-order chi connectivity index (χ0) is 10.5. The van der Waals surface area contributed by atoms with Crippen LogP contribution < -0.4 is 0 Å². The third-order valence-corrected chi connectivity index (χ3v) is 2.55. The van der Waals surface area contributed by atoms with Crippen molar-refractivity contribution in [2.75, 3.05) is 6.61 Å². The lowest BCUT2D eigenvalue weighted by atomic mass is 10.1. The summed E-state index contributed by atoms with van der Waals surface area (Å²) in [5, 5.41) is 0. The highest BCUT2D eigenvalue weighted by Crippen LogP contribution is 2.26. The van der Waals surface area contributed by atoms with Crippen LogP contribution in [0.4, 0.5) is 0 Å². The van der Waals surface area contributed by atoms with Gasteiger partial charge >= 0.3 is 0 Å². The van der Waals surface area contributed by atoms with Crippen molar-refractivity contribution < 1.29 is 8.92 Å². The minimum atomic E-state index is -0.100. The van der Waals surface area contributed by atoms with Gasteiger partial charge in [0.25, 0.3) is 0 Å². The fraction of sp³-hybridized carbons (Fsp3) is 1.00. The van der Waals surface area contributed by atoms with Crippen molar-refractivity contribution in [2.24, 2.45) is 0 Å². The summed E-state index contributed by atoms with van der Waals surface area (Å²) in [4.78, 5) is 0. The van der Waals surface area contributed by atoms with E-state index in [9.17, 15) is 0 Å². The molecule has 0 aliphatic carbocycles. The second-order valence-corrected chi connectivity index (χ2v) is 5.99. The Morgan fingerprint density at radius 3 is 2.08 bits per heavy atom. The van der Waals surface area contributed by atoms with E-state index in [0.717, 1.165) is 13.0 Å². The van der Waals surface area contributed by atoms with Gasteiger partial charge in [-0.05, 0) is 34.6 Å². The summed E-state index contributed by atoms with van der Waals surface area (Å²) in [6.07, 6.45) is 0.917. The molecule has 0 amide bonds. The van der Waals surface area contributed by atoms with Crippen LogP contribution in [0.3, 0.4) is 0 Å². The normalized spacial score (nSPS) is 13.4. The van der Waals surface area contributed by atoms with E-state index in [2.05, 4.69) is 55.8 Å². The molecule has 0 radical (unpaired) electrons. The quantitative estimate of drug-likeness (QED) is 0.564. The molecule has 0 heterocycles. The number of ether oxygens (including phenoxy) is 1. The van der Waals surface area contributed by atoms with Crippen LogP contribution in [0.2, 0.25) is 0 Å². The van der Waals surface area contributed by atoms with Crippen LogP contribution in [0.15, 0.2) is 0 Å². The minimum absolute atomic E-state index is 0.0481. The van der Waals surface area contributed by atoms with Crippen LogP contribution in [0.1, 0.15) is 41.0 Å². The molecule has 4 heteroatoms. The maximum absolute atomic E-state index is 5.62. The smallest absolute Gasteiger partial charge is 0.0804 e. The zero-order valence-corrected chi connectivity index (χ0v) is 12.0. The van der Waals surface area contributed by atoms with Gasteiger partial charge in [0.2, 0.25) is 0 Å². The molecule has 0 aliphatic heterocycles. The average Bonchev–Trinajstić information content (AvgIpc) is 1.82. The highest BCUT2D eigenvalue weighted by atomic mass is 127. The second-order valence-electron chi connectivity index (χ2n) is 4.62. The van der Waals surface area contributed by atoms with Crippen LogP contribution in [-0.4, -0.2) is 17.8 Å². The van der Waals surface area contributed by atoms with Crippen molar-refractivity contribution in [1.29, 1.82) is 0 Å². The largest absolute Gasteiger partial charge is 0.376 e. The Morgan fingerprint density at radius 1 is 1.15 bits per heavy atom. The fourth-order valence-electron chi connectivity index (χ4n) is 0.730. The van der Waals surface area contributed by atoms with Gasteiger partial charge in [0.15, 0.2) is 0 Å². The molecule has 2 nitrogen and oxygen atoms in total. The van der Waals surface area contributed by atoms with Gasteiger partial charge in [-0.25, -0.2) is 0 Å². The van der Waals surface area contributed by atoms with Crippen molar-refractivity contribution in [2.45, 2.75) is 52.2 Å². The Labute approximate surface area is 97.9 Å². The molecule has 13 heavy (non-hydrogen) atoms. The molecule has 0 aliphatic rings. The minimum Gasteiger partial charge on any atom is -0.376 e.